The van der Waals surface area contributed by atoms with E-state index >= 15 is 0 Å². The van der Waals surface area contributed by atoms with Gasteiger partial charge in [-0.25, -0.2) is 9.78 Å². The first-order valence-electron chi connectivity index (χ1n) is 11.7. The summed E-state index contributed by atoms with van der Waals surface area (Å²) in [5.74, 6) is 1.09. The van der Waals surface area contributed by atoms with E-state index in [-0.39, 0.29) is 17.6 Å². The maximum absolute atomic E-state index is 13.5. The number of hydrogen-bond donors (Lipinski definition) is 1. The molecule has 3 aromatic carbocycles. The third-order valence-electron chi connectivity index (χ3n) is 6.16. The zero-order valence-corrected chi connectivity index (χ0v) is 19.5. The van der Waals surface area contributed by atoms with Crippen molar-refractivity contribution in [2.75, 3.05) is 18.5 Å². The number of rotatable bonds is 5. The minimum atomic E-state index is -4.47. The molecule has 2 amide bonds. The van der Waals surface area contributed by atoms with Crippen LogP contribution in [0.5, 0.6) is 5.75 Å². The van der Waals surface area contributed by atoms with Gasteiger partial charge in [0.15, 0.2) is 5.58 Å². The number of aromatic nitrogens is 1. The first-order chi connectivity index (χ1) is 17.3. The molecule has 1 aromatic heterocycles. The van der Waals surface area contributed by atoms with Crippen molar-refractivity contribution in [3.8, 4) is 16.9 Å². The van der Waals surface area contributed by atoms with E-state index in [9.17, 15) is 18.0 Å². The minimum Gasteiger partial charge on any atom is -0.494 e. The molecule has 0 aliphatic carbocycles. The molecule has 1 atom stereocenters. The Morgan fingerprint density at radius 3 is 2.67 bits per heavy atom. The van der Waals surface area contributed by atoms with Crippen LogP contribution >= 0.6 is 0 Å². The van der Waals surface area contributed by atoms with E-state index in [4.69, 9.17) is 9.15 Å². The Balaban J connectivity index is 1.38. The van der Waals surface area contributed by atoms with Gasteiger partial charge in [-0.2, -0.15) is 13.2 Å². The molecular weight excluding hydrogens is 471 g/mol. The smallest absolute Gasteiger partial charge is 0.417 e. The van der Waals surface area contributed by atoms with E-state index < -0.39 is 11.7 Å². The molecule has 6 nitrogen and oxygen atoms in total. The maximum atomic E-state index is 13.5. The SMILES string of the molecule is CCOc1ccc(NC(=O)N2CCCC2c2nc3cc(-c4ccccc4C(F)(F)F)ccc3o2)cc1. The van der Waals surface area contributed by atoms with Crippen molar-refractivity contribution < 1.29 is 27.1 Å². The zero-order valence-electron chi connectivity index (χ0n) is 19.5. The number of fused-ring (bicyclic) bond motifs is 1. The Labute approximate surface area is 205 Å². The Morgan fingerprint density at radius 2 is 1.92 bits per heavy atom. The molecule has 0 radical (unpaired) electrons. The summed E-state index contributed by atoms with van der Waals surface area (Å²) >= 11 is 0. The highest BCUT2D eigenvalue weighted by molar-refractivity contribution is 5.90. The maximum Gasteiger partial charge on any atom is 0.417 e. The van der Waals surface area contributed by atoms with E-state index in [1.54, 1.807) is 53.4 Å². The number of likely N-dealkylation sites (tertiary alicyclic amines) is 1. The largest absolute Gasteiger partial charge is 0.494 e. The summed E-state index contributed by atoms with van der Waals surface area (Å²) in [6.45, 7) is 3.00. The van der Waals surface area contributed by atoms with Gasteiger partial charge < -0.3 is 19.4 Å². The second-order valence-corrected chi connectivity index (χ2v) is 8.52. The number of amides is 2. The number of anilines is 1. The predicted octanol–water partition coefficient (Wildman–Crippen LogP) is 7.28. The number of nitrogens with zero attached hydrogens (tertiary/aromatic N) is 2. The molecule has 1 fully saturated rings. The van der Waals surface area contributed by atoms with Crippen LogP contribution in [0, 0.1) is 0 Å². The van der Waals surface area contributed by atoms with Crippen molar-refractivity contribution in [1.29, 1.82) is 0 Å². The summed E-state index contributed by atoms with van der Waals surface area (Å²) in [4.78, 5) is 19.2. The number of carbonyl (C=O) groups is 1. The van der Waals surface area contributed by atoms with E-state index in [1.165, 1.54) is 12.1 Å². The first kappa shape index (κ1) is 23.7. The zero-order chi connectivity index (χ0) is 25.3. The molecule has 1 N–H and O–H groups in total. The fraction of sp³-hybridized carbons (Fsp3) is 0.259. The summed E-state index contributed by atoms with van der Waals surface area (Å²) in [6, 6.07) is 16.7. The molecule has 186 valence electrons. The molecular formula is C27H24F3N3O3. The third kappa shape index (κ3) is 4.73. The topological polar surface area (TPSA) is 67.6 Å². The van der Waals surface area contributed by atoms with E-state index in [1.807, 2.05) is 6.92 Å². The molecule has 4 aromatic rings. The quantitative estimate of drug-likeness (QED) is 0.316. The molecule has 1 saturated heterocycles. The number of halogens is 3. The molecule has 9 heteroatoms. The monoisotopic (exact) mass is 495 g/mol. The van der Waals surface area contributed by atoms with Gasteiger partial charge in [0, 0.05) is 12.2 Å². The van der Waals surface area contributed by atoms with Gasteiger partial charge in [0.05, 0.1) is 12.2 Å². The van der Waals surface area contributed by atoms with Crippen molar-refractivity contribution in [2.24, 2.45) is 0 Å². The third-order valence-corrected chi connectivity index (χ3v) is 6.16. The second kappa shape index (κ2) is 9.56. The van der Waals surface area contributed by atoms with E-state index in [2.05, 4.69) is 10.3 Å². The van der Waals surface area contributed by atoms with Gasteiger partial charge in [0.2, 0.25) is 5.89 Å². The Hall–Kier alpha value is -4.01. The highest BCUT2D eigenvalue weighted by Gasteiger charge is 2.35. The molecule has 5 rings (SSSR count). The van der Waals surface area contributed by atoms with Crippen LogP contribution in [0.1, 0.15) is 37.3 Å². The molecule has 0 spiro atoms. The number of oxazole rings is 1. The van der Waals surface area contributed by atoms with Crippen LogP contribution < -0.4 is 10.1 Å². The predicted molar refractivity (Wildman–Crippen MR) is 130 cm³/mol. The lowest BCUT2D eigenvalue weighted by Gasteiger charge is -2.22. The van der Waals surface area contributed by atoms with Gasteiger partial charge in [-0.05, 0) is 73.4 Å². The first-order valence-corrected chi connectivity index (χ1v) is 11.7. The Kier molecular flexibility index (Phi) is 6.30. The fourth-order valence-corrected chi connectivity index (χ4v) is 4.50. The van der Waals surface area contributed by atoms with Crippen LogP contribution in [0.4, 0.5) is 23.7 Å². The summed E-state index contributed by atoms with van der Waals surface area (Å²) in [6.07, 6.45) is -3.01. The average molecular weight is 496 g/mol. The van der Waals surface area contributed by atoms with Crippen LogP contribution in [0.2, 0.25) is 0 Å². The van der Waals surface area contributed by atoms with Crippen molar-refractivity contribution in [3.63, 3.8) is 0 Å². The summed E-state index contributed by atoms with van der Waals surface area (Å²) in [5, 5.41) is 2.89. The second-order valence-electron chi connectivity index (χ2n) is 8.52. The fourth-order valence-electron chi connectivity index (χ4n) is 4.50. The summed E-state index contributed by atoms with van der Waals surface area (Å²) in [7, 11) is 0. The van der Waals surface area contributed by atoms with Crippen molar-refractivity contribution in [1.82, 2.24) is 9.88 Å². The van der Waals surface area contributed by atoms with Crippen molar-refractivity contribution in [3.05, 3.63) is 78.2 Å². The van der Waals surface area contributed by atoms with Crippen LogP contribution in [-0.4, -0.2) is 29.1 Å². The normalized spacial score (nSPS) is 15.9. The van der Waals surface area contributed by atoms with E-state index in [0.29, 0.717) is 47.8 Å². The number of alkyl halides is 3. The molecule has 0 bridgehead atoms. The minimum absolute atomic E-state index is 0.0775. The lowest BCUT2D eigenvalue weighted by atomic mass is 9.99. The summed E-state index contributed by atoms with van der Waals surface area (Å²) in [5.41, 5.74) is 1.30. The highest BCUT2D eigenvalue weighted by Crippen LogP contribution is 2.39. The number of carbonyl (C=O) groups excluding carboxylic acids is 1. The van der Waals surface area contributed by atoms with Crippen molar-refractivity contribution >= 4 is 22.8 Å². The molecule has 0 saturated carbocycles. The van der Waals surface area contributed by atoms with Crippen LogP contribution in [-0.2, 0) is 6.18 Å². The highest BCUT2D eigenvalue weighted by atomic mass is 19.4. The standard InChI is InChI=1S/C27H24F3N3O3/c1-2-35-19-12-10-18(11-13-19)31-26(34)33-15-5-8-23(33)25-32-22-16-17(9-14-24(22)36-25)20-6-3-4-7-21(20)27(28,29)30/h3-4,6-7,9-14,16,23H,2,5,8,15H2,1H3,(H,31,34). The van der Waals surface area contributed by atoms with Gasteiger partial charge in [0.1, 0.15) is 17.3 Å². The number of nitrogens with one attached hydrogen (secondary N) is 1. The van der Waals surface area contributed by atoms with Gasteiger partial charge in [-0.15, -0.1) is 0 Å². The number of urea groups is 1. The van der Waals surface area contributed by atoms with E-state index in [0.717, 1.165) is 18.2 Å². The number of ether oxygens (including phenoxy) is 1. The van der Waals surface area contributed by atoms with Crippen LogP contribution in [0.15, 0.2) is 71.1 Å². The molecule has 2 heterocycles. The average Bonchev–Trinajstić information content (AvgIpc) is 3.51. The van der Waals surface area contributed by atoms with Gasteiger partial charge >= 0.3 is 12.2 Å². The summed E-state index contributed by atoms with van der Waals surface area (Å²) < 4.78 is 51.9. The van der Waals surface area contributed by atoms with Crippen LogP contribution in [0.3, 0.4) is 0 Å². The number of benzene rings is 3. The Morgan fingerprint density at radius 1 is 1.14 bits per heavy atom. The van der Waals surface area contributed by atoms with Crippen LogP contribution in [0.25, 0.3) is 22.2 Å². The molecule has 36 heavy (non-hydrogen) atoms. The van der Waals surface area contributed by atoms with Gasteiger partial charge in [0.25, 0.3) is 0 Å². The number of hydrogen-bond acceptors (Lipinski definition) is 4. The van der Waals surface area contributed by atoms with Gasteiger partial charge in [-0.3, -0.25) is 0 Å². The molecule has 1 aliphatic heterocycles. The Bertz CT molecular complexity index is 1380. The van der Waals surface area contributed by atoms with Gasteiger partial charge in [-0.1, -0.05) is 24.3 Å². The molecule has 1 aliphatic rings. The lowest BCUT2D eigenvalue weighted by molar-refractivity contribution is -0.137. The lowest BCUT2D eigenvalue weighted by Crippen LogP contribution is -2.34. The van der Waals surface area contributed by atoms with Crippen molar-refractivity contribution in [2.45, 2.75) is 32.0 Å². The molecule has 1 unspecified atom stereocenters.